The minimum Gasteiger partial charge on any atom is -0.394 e. The molecule has 0 aromatic heterocycles. The van der Waals surface area contributed by atoms with E-state index >= 15 is 0 Å². The summed E-state index contributed by atoms with van der Waals surface area (Å²) in [5, 5.41) is 18.0. The van der Waals surface area contributed by atoms with Gasteiger partial charge in [0.2, 0.25) is 0 Å². The number of rotatable bonds is 4. The molecule has 4 N–H and O–H groups in total. The summed E-state index contributed by atoms with van der Waals surface area (Å²) in [5.41, 5.74) is 5.27. The number of nitrogens with two attached hydrogens (primary N) is 1. The number of halogens is 1. The van der Waals surface area contributed by atoms with Crippen molar-refractivity contribution in [1.29, 1.82) is 0 Å². The van der Waals surface area contributed by atoms with Crippen molar-refractivity contribution < 1.29 is 14.6 Å². The Bertz CT molecular complexity index is 328. The molecule has 0 saturated heterocycles. The first-order valence-corrected chi connectivity index (χ1v) is 4.80. The first-order valence-electron chi connectivity index (χ1n) is 4.80. The molecule has 0 aliphatic rings. The Morgan fingerprint density at radius 1 is 1.47 bits per heavy atom. The zero-order valence-electron chi connectivity index (χ0n) is 8.65. The van der Waals surface area contributed by atoms with E-state index < -0.39 is 17.5 Å². The maximum absolute atomic E-state index is 13.4. The van der Waals surface area contributed by atoms with E-state index in [9.17, 15) is 9.50 Å². The molecule has 1 aromatic carbocycles. The largest absolute Gasteiger partial charge is 0.394 e. The second kappa shape index (κ2) is 4.70. The van der Waals surface area contributed by atoms with Crippen LogP contribution >= 0.6 is 0 Å². The lowest BCUT2D eigenvalue weighted by Gasteiger charge is -2.27. The first kappa shape index (κ1) is 12.1. The molecule has 1 rings (SSSR count). The van der Waals surface area contributed by atoms with Gasteiger partial charge in [-0.05, 0) is 19.4 Å². The quantitative estimate of drug-likeness (QED) is 0.691. The normalized spacial score (nSPS) is 17.1. The molecule has 15 heavy (non-hydrogen) atoms. The van der Waals surface area contributed by atoms with Crippen LogP contribution in [-0.2, 0) is 5.54 Å². The Kier molecular flexibility index (Phi) is 3.79. The lowest BCUT2D eigenvalue weighted by molar-refractivity contribution is 0.0696. The molecule has 84 valence electrons. The van der Waals surface area contributed by atoms with E-state index in [2.05, 4.69) is 0 Å². The predicted molar refractivity (Wildman–Crippen MR) is 55.6 cm³/mol. The molecule has 4 heteroatoms. The fourth-order valence-corrected chi connectivity index (χ4v) is 1.59. The highest BCUT2D eigenvalue weighted by Gasteiger charge is 2.27. The van der Waals surface area contributed by atoms with Crippen molar-refractivity contribution in [1.82, 2.24) is 0 Å². The highest BCUT2D eigenvalue weighted by atomic mass is 19.1. The topological polar surface area (TPSA) is 66.5 Å². The summed E-state index contributed by atoms with van der Waals surface area (Å²) in [6, 6.07) is 6.18. The second-order valence-electron chi connectivity index (χ2n) is 3.94. The van der Waals surface area contributed by atoms with E-state index in [1.165, 1.54) is 6.07 Å². The van der Waals surface area contributed by atoms with Gasteiger partial charge in [0.1, 0.15) is 5.82 Å². The summed E-state index contributed by atoms with van der Waals surface area (Å²) in [7, 11) is 0. The Morgan fingerprint density at radius 3 is 2.60 bits per heavy atom. The van der Waals surface area contributed by atoms with Gasteiger partial charge in [0.05, 0.1) is 12.7 Å². The summed E-state index contributed by atoms with van der Waals surface area (Å²) < 4.78 is 13.4. The van der Waals surface area contributed by atoms with E-state index in [0.717, 1.165) is 0 Å². The van der Waals surface area contributed by atoms with Gasteiger partial charge in [0.15, 0.2) is 0 Å². The Labute approximate surface area is 88.4 Å². The van der Waals surface area contributed by atoms with Gasteiger partial charge in [0, 0.05) is 11.1 Å². The zero-order chi connectivity index (χ0) is 11.5. The molecule has 2 atom stereocenters. The highest BCUT2D eigenvalue weighted by Crippen LogP contribution is 2.25. The van der Waals surface area contributed by atoms with Crippen molar-refractivity contribution >= 4 is 0 Å². The molecule has 0 radical (unpaired) electrons. The van der Waals surface area contributed by atoms with E-state index in [-0.39, 0.29) is 13.0 Å². The molecule has 0 amide bonds. The van der Waals surface area contributed by atoms with Crippen LogP contribution in [0, 0.1) is 5.82 Å². The molecule has 0 heterocycles. The number of benzene rings is 1. The summed E-state index contributed by atoms with van der Waals surface area (Å²) in [6.45, 7) is 1.26. The monoisotopic (exact) mass is 213 g/mol. The third kappa shape index (κ3) is 2.99. The van der Waals surface area contributed by atoms with E-state index in [1.54, 1.807) is 25.1 Å². The lowest BCUT2D eigenvalue weighted by Crippen LogP contribution is -2.38. The summed E-state index contributed by atoms with van der Waals surface area (Å²) in [4.78, 5) is 0. The molecule has 0 aliphatic carbocycles. The average Bonchev–Trinajstić information content (AvgIpc) is 2.17. The van der Waals surface area contributed by atoms with Crippen molar-refractivity contribution in [3.63, 3.8) is 0 Å². The number of hydrogen-bond donors (Lipinski definition) is 3. The van der Waals surface area contributed by atoms with Gasteiger partial charge >= 0.3 is 0 Å². The lowest BCUT2D eigenvalue weighted by atomic mass is 9.87. The van der Waals surface area contributed by atoms with Crippen LogP contribution in [0.1, 0.15) is 18.9 Å². The third-order valence-corrected chi connectivity index (χ3v) is 2.36. The maximum Gasteiger partial charge on any atom is 0.128 e. The third-order valence-electron chi connectivity index (χ3n) is 2.36. The molecular weight excluding hydrogens is 197 g/mol. The fourth-order valence-electron chi connectivity index (χ4n) is 1.59. The van der Waals surface area contributed by atoms with Crippen molar-refractivity contribution in [3.05, 3.63) is 35.6 Å². The van der Waals surface area contributed by atoms with Crippen LogP contribution in [0.25, 0.3) is 0 Å². The molecule has 0 fully saturated rings. The van der Waals surface area contributed by atoms with Gasteiger partial charge in [-0.15, -0.1) is 0 Å². The minimum atomic E-state index is -0.979. The molecule has 2 unspecified atom stereocenters. The summed E-state index contributed by atoms with van der Waals surface area (Å²) in [5.74, 6) is -0.396. The van der Waals surface area contributed by atoms with Crippen LogP contribution in [0.4, 0.5) is 4.39 Å². The number of hydrogen-bond acceptors (Lipinski definition) is 3. The maximum atomic E-state index is 13.4. The molecule has 0 saturated carbocycles. The highest BCUT2D eigenvalue weighted by molar-refractivity contribution is 5.25. The molecule has 0 aliphatic heterocycles. The van der Waals surface area contributed by atoms with Crippen LogP contribution < -0.4 is 5.73 Å². The van der Waals surface area contributed by atoms with E-state index in [0.29, 0.717) is 5.56 Å². The molecule has 0 spiro atoms. The van der Waals surface area contributed by atoms with Crippen molar-refractivity contribution in [3.8, 4) is 0 Å². The van der Waals surface area contributed by atoms with Crippen molar-refractivity contribution in [2.24, 2.45) is 5.73 Å². The van der Waals surface area contributed by atoms with Gasteiger partial charge in [-0.25, -0.2) is 4.39 Å². The number of aliphatic hydroxyl groups is 2. The van der Waals surface area contributed by atoms with Gasteiger partial charge in [-0.3, -0.25) is 0 Å². The summed E-state index contributed by atoms with van der Waals surface area (Å²) in [6.07, 6.45) is -0.815. The minimum absolute atomic E-state index is 0.116. The average molecular weight is 213 g/mol. The van der Waals surface area contributed by atoms with Gasteiger partial charge in [-0.2, -0.15) is 0 Å². The van der Waals surface area contributed by atoms with Crippen LogP contribution in [0.2, 0.25) is 0 Å². The molecule has 1 aromatic rings. The van der Waals surface area contributed by atoms with Gasteiger partial charge in [0.25, 0.3) is 0 Å². The molecule has 3 nitrogen and oxygen atoms in total. The Morgan fingerprint density at radius 2 is 2.07 bits per heavy atom. The number of aliphatic hydroxyl groups excluding tert-OH is 2. The molecule has 0 bridgehead atoms. The van der Waals surface area contributed by atoms with Crippen LogP contribution in [0.3, 0.4) is 0 Å². The standard InChI is InChI=1S/C11H16FNO2/c1-11(13,6-8(15)7-14)9-4-2-3-5-10(9)12/h2-5,8,14-15H,6-7,13H2,1H3. The second-order valence-corrected chi connectivity index (χ2v) is 3.94. The van der Waals surface area contributed by atoms with Crippen LogP contribution in [-0.4, -0.2) is 22.9 Å². The zero-order valence-corrected chi connectivity index (χ0v) is 8.65. The SMILES string of the molecule is CC(N)(CC(O)CO)c1ccccc1F. The van der Waals surface area contributed by atoms with Crippen molar-refractivity contribution in [2.45, 2.75) is 25.0 Å². The summed E-state index contributed by atoms with van der Waals surface area (Å²) >= 11 is 0. The fraction of sp³-hybridized carbons (Fsp3) is 0.455. The van der Waals surface area contributed by atoms with E-state index in [1.807, 2.05) is 0 Å². The van der Waals surface area contributed by atoms with Crippen LogP contribution in [0.5, 0.6) is 0 Å². The van der Waals surface area contributed by atoms with Crippen molar-refractivity contribution in [2.75, 3.05) is 6.61 Å². The van der Waals surface area contributed by atoms with Crippen LogP contribution in [0.15, 0.2) is 24.3 Å². The Hall–Kier alpha value is -0.970. The van der Waals surface area contributed by atoms with Gasteiger partial charge in [-0.1, -0.05) is 18.2 Å². The smallest absolute Gasteiger partial charge is 0.128 e. The van der Waals surface area contributed by atoms with Gasteiger partial charge < -0.3 is 15.9 Å². The first-order chi connectivity index (χ1) is 6.97. The Balaban J connectivity index is 2.90. The van der Waals surface area contributed by atoms with E-state index in [4.69, 9.17) is 10.8 Å². The predicted octanol–water partition coefficient (Wildman–Crippen LogP) is 0.743. The molecular formula is C11H16FNO2.